The van der Waals surface area contributed by atoms with E-state index in [2.05, 4.69) is 38.8 Å². The van der Waals surface area contributed by atoms with Crippen LogP contribution in [0.15, 0.2) is 42.5 Å². The summed E-state index contributed by atoms with van der Waals surface area (Å²) in [6, 6.07) is 13.6. The van der Waals surface area contributed by atoms with Gasteiger partial charge in [-0.05, 0) is 74.1 Å². The minimum absolute atomic E-state index is 0.0585. The average Bonchev–Trinajstić information content (AvgIpc) is 3.04. The largest absolute Gasteiger partial charge is 0.543 e. The van der Waals surface area contributed by atoms with Crippen LogP contribution in [0, 0.1) is 5.92 Å². The van der Waals surface area contributed by atoms with Gasteiger partial charge in [0.2, 0.25) is 8.32 Å². The second-order valence-corrected chi connectivity index (χ2v) is 20.1. The van der Waals surface area contributed by atoms with Gasteiger partial charge in [-0.2, -0.15) is 0 Å². The molecule has 40 heavy (non-hydrogen) atoms. The van der Waals surface area contributed by atoms with Gasteiger partial charge in [-0.15, -0.1) is 10.8 Å². The predicted octanol–water partition coefficient (Wildman–Crippen LogP) is 7.55. The maximum absolute atomic E-state index is 13.1. The third-order valence-electron chi connectivity index (χ3n) is 9.07. The highest BCUT2D eigenvalue weighted by Gasteiger charge is 2.55. The molecule has 1 fully saturated rings. The van der Waals surface area contributed by atoms with Crippen LogP contribution in [-0.4, -0.2) is 61.6 Å². The molecule has 2 aromatic rings. The van der Waals surface area contributed by atoms with E-state index in [1.54, 1.807) is 11.4 Å². The van der Waals surface area contributed by atoms with Crippen LogP contribution < -0.4 is 8.73 Å². The Balaban J connectivity index is 1.51. The van der Waals surface area contributed by atoms with Gasteiger partial charge in [0, 0.05) is 37.3 Å². The molecule has 0 radical (unpaired) electrons. The van der Waals surface area contributed by atoms with Gasteiger partial charge in [0.25, 0.3) is 0 Å². The Labute approximate surface area is 247 Å². The Morgan fingerprint density at radius 3 is 2.42 bits per heavy atom. The van der Waals surface area contributed by atoms with Gasteiger partial charge in [0.05, 0.1) is 18.2 Å². The number of fused-ring (bicyclic) bond motifs is 2. The number of hydrogen-bond donors (Lipinski definition) is 2. The molecule has 0 bridgehead atoms. The molecule has 0 amide bonds. The van der Waals surface area contributed by atoms with Crippen molar-refractivity contribution in [1.82, 2.24) is 4.90 Å². The van der Waals surface area contributed by atoms with E-state index in [4.69, 9.17) is 20.8 Å². The van der Waals surface area contributed by atoms with Gasteiger partial charge in [0.1, 0.15) is 10.5 Å². The molecule has 7 nitrogen and oxygen atoms in total. The van der Waals surface area contributed by atoms with E-state index >= 15 is 0 Å². The van der Waals surface area contributed by atoms with Gasteiger partial charge >= 0.3 is 5.97 Å². The molecular formula is C30H45ClN2O5SSi. The third-order valence-corrected chi connectivity index (χ3v) is 16.4. The number of anilines is 1. The molecule has 4 rings (SSSR count). The van der Waals surface area contributed by atoms with Gasteiger partial charge in [-0.1, -0.05) is 50.6 Å². The molecule has 2 aromatic carbocycles. The van der Waals surface area contributed by atoms with Crippen molar-refractivity contribution in [2.24, 2.45) is 5.92 Å². The lowest BCUT2D eigenvalue weighted by Crippen LogP contribution is -2.47. The van der Waals surface area contributed by atoms with Gasteiger partial charge in [0.15, 0.2) is 0 Å². The summed E-state index contributed by atoms with van der Waals surface area (Å²) in [5.74, 6) is 0.126. The molecule has 10 heteroatoms. The lowest BCUT2D eigenvalue weighted by molar-refractivity contribution is -0.148. The van der Waals surface area contributed by atoms with E-state index < -0.39 is 29.8 Å². The van der Waals surface area contributed by atoms with E-state index in [-0.39, 0.29) is 11.0 Å². The molecule has 1 unspecified atom stereocenters. The van der Waals surface area contributed by atoms with E-state index in [0.29, 0.717) is 50.5 Å². The molecule has 2 aliphatic rings. The number of para-hydroxylation sites is 1. The average molecular weight is 609 g/mol. The van der Waals surface area contributed by atoms with E-state index in [1.807, 2.05) is 49.4 Å². The quantitative estimate of drug-likeness (QED) is 0.236. The molecule has 1 spiro atoms. The van der Waals surface area contributed by atoms with Crippen LogP contribution in [0.4, 0.5) is 5.69 Å². The molecule has 2 heterocycles. The first-order chi connectivity index (χ1) is 18.6. The molecule has 2 N–H and O–H groups in total. The smallest absolute Gasteiger partial charge is 0.310 e. The van der Waals surface area contributed by atoms with Crippen molar-refractivity contribution in [3.63, 3.8) is 0 Å². The zero-order valence-corrected chi connectivity index (χ0v) is 27.4. The lowest BCUT2D eigenvalue weighted by atomic mass is 9.86. The summed E-state index contributed by atoms with van der Waals surface area (Å²) in [6.45, 7) is 15.0. The fourth-order valence-corrected chi connectivity index (χ4v) is 8.97. The van der Waals surface area contributed by atoms with Crippen molar-refractivity contribution in [3.8, 4) is 5.75 Å². The highest BCUT2D eigenvalue weighted by atomic mass is 35.5. The Hall–Kier alpha value is -1.75. The molecule has 0 aromatic heterocycles. The van der Waals surface area contributed by atoms with Crippen LogP contribution in [-0.2, 0) is 20.7 Å². The number of carbonyl (C=O) groups excluding carboxylic acids is 1. The first-order valence-electron chi connectivity index (χ1n) is 14.1. The van der Waals surface area contributed by atoms with E-state index in [1.165, 1.54) is 0 Å². The van der Waals surface area contributed by atoms with E-state index in [9.17, 15) is 13.9 Å². The van der Waals surface area contributed by atoms with Crippen molar-refractivity contribution in [2.75, 3.05) is 37.6 Å². The van der Waals surface area contributed by atoms with Crippen molar-refractivity contribution < 1.29 is 23.1 Å². The number of ether oxygens (including phenoxy) is 1. The molecular weight excluding hydrogens is 564 g/mol. The van der Waals surface area contributed by atoms with Crippen molar-refractivity contribution >= 4 is 42.4 Å². The predicted molar refractivity (Wildman–Crippen MR) is 168 cm³/mol. The maximum atomic E-state index is 13.1. The van der Waals surface area contributed by atoms with Crippen LogP contribution in [0.2, 0.25) is 23.2 Å². The Morgan fingerprint density at radius 2 is 1.80 bits per heavy atom. The summed E-state index contributed by atoms with van der Waals surface area (Å²) in [4.78, 5) is 15.4. The summed E-state index contributed by atoms with van der Waals surface area (Å²) in [7, 11) is -3.30. The number of piperidine rings is 1. The molecule has 1 atom stereocenters. The first-order valence-corrected chi connectivity index (χ1v) is 18.9. The summed E-state index contributed by atoms with van der Waals surface area (Å²) in [5, 5.41) is 0.664. The summed E-state index contributed by atoms with van der Waals surface area (Å²) in [6.07, 6.45) is 1.64. The second kappa shape index (κ2) is 11.5. The van der Waals surface area contributed by atoms with Gasteiger partial charge in [-0.3, -0.25) is 18.2 Å². The third kappa shape index (κ3) is 5.78. The normalized spacial score (nSPS) is 20.2. The number of esters is 1. The number of benzene rings is 2. The van der Waals surface area contributed by atoms with Crippen LogP contribution >= 0.6 is 22.4 Å². The highest BCUT2D eigenvalue weighted by Crippen LogP contribution is 2.71. The Bertz CT molecular complexity index is 1230. The van der Waals surface area contributed by atoms with Crippen LogP contribution in [0.5, 0.6) is 5.75 Å². The Kier molecular flexibility index (Phi) is 8.96. The molecule has 1 saturated heterocycles. The fourth-order valence-electron chi connectivity index (χ4n) is 5.60. The Morgan fingerprint density at radius 1 is 1.15 bits per heavy atom. The topological polar surface area (TPSA) is 82.5 Å². The van der Waals surface area contributed by atoms with Gasteiger partial charge < -0.3 is 14.1 Å². The minimum Gasteiger partial charge on any atom is -0.543 e. The second-order valence-electron chi connectivity index (χ2n) is 12.6. The standard InChI is InChI=1S/C30H45ClN2O5SSi/c1-8-37-28(34)23(19-22-20-24(13-14-26(22)31)38-40(6,7)29(2,3)4)21-33-17-15-30(16-18-33)25-11-9-10-12-27(25)32(5)39(30,35)36/h9-14,20,23,35-36H,8,15-19,21H2,1-7H3. The molecule has 222 valence electrons. The minimum atomic E-state index is -3.02. The van der Waals surface area contributed by atoms with Crippen LogP contribution in [0.3, 0.4) is 0 Å². The zero-order chi connectivity index (χ0) is 29.5. The zero-order valence-electron chi connectivity index (χ0n) is 24.9. The summed E-state index contributed by atoms with van der Waals surface area (Å²) in [5.41, 5.74) is 2.75. The number of hydrogen-bond acceptors (Lipinski definition) is 7. The number of halogens is 1. The SMILES string of the molecule is CCOC(=O)C(Cc1cc(O[Si](C)(C)C(C)(C)C)ccc1Cl)CN1CCC2(CC1)c1ccccc1N(C)S2(O)O. The van der Waals surface area contributed by atoms with Crippen molar-refractivity contribution in [3.05, 3.63) is 58.6 Å². The van der Waals surface area contributed by atoms with Crippen LogP contribution in [0.25, 0.3) is 0 Å². The first kappa shape index (κ1) is 31.2. The number of nitrogens with zero attached hydrogens (tertiary/aromatic N) is 2. The summed E-state index contributed by atoms with van der Waals surface area (Å²) < 4.78 is 35.6. The fraction of sp³-hybridized carbons (Fsp3) is 0.567. The number of likely N-dealkylation sites (tertiary alicyclic amines) is 1. The van der Waals surface area contributed by atoms with Crippen molar-refractivity contribution in [1.29, 1.82) is 0 Å². The maximum Gasteiger partial charge on any atom is 0.310 e. The molecule has 0 aliphatic carbocycles. The number of carbonyl (C=O) groups is 1. The monoisotopic (exact) mass is 608 g/mol. The lowest BCUT2D eigenvalue weighted by Gasteiger charge is -2.52. The highest BCUT2D eigenvalue weighted by molar-refractivity contribution is 8.26. The molecule has 2 aliphatic heterocycles. The molecule has 0 saturated carbocycles. The summed E-state index contributed by atoms with van der Waals surface area (Å²) >= 11 is 6.63. The van der Waals surface area contributed by atoms with Gasteiger partial charge in [-0.25, -0.2) is 0 Å². The van der Waals surface area contributed by atoms with E-state index in [0.717, 1.165) is 22.6 Å². The van der Waals surface area contributed by atoms with Crippen molar-refractivity contribution in [2.45, 2.75) is 69.8 Å². The number of rotatable bonds is 8. The van der Waals surface area contributed by atoms with Crippen LogP contribution in [0.1, 0.15) is 51.7 Å².